The highest BCUT2D eigenvalue weighted by Gasteiger charge is 2.49. The minimum Gasteiger partial charge on any atom is -0.395 e. The van der Waals surface area contributed by atoms with Crippen molar-refractivity contribution in [2.24, 2.45) is 5.41 Å². The van der Waals surface area contributed by atoms with Crippen molar-refractivity contribution in [1.29, 1.82) is 0 Å². The number of ether oxygens (including phenoxy) is 2. The number of carbonyl (C=O) groups is 1. The Hall–Kier alpha value is -1.94. The second kappa shape index (κ2) is 5.28. The van der Waals surface area contributed by atoms with Crippen LogP contribution in [-0.4, -0.2) is 45.1 Å². The molecule has 1 N–H and O–H groups in total. The predicted octanol–water partition coefficient (Wildman–Crippen LogP) is 1.15. The van der Waals surface area contributed by atoms with Gasteiger partial charge >= 0.3 is 6.29 Å². The number of hydrogen-bond acceptors (Lipinski definition) is 5. The van der Waals surface area contributed by atoms with E-state index >= 15 is 0 Å². The summed E-state index contributed by atoms with van der Waals surface area (Å²) in [6.45, 7) is 1.72. The lowest BCUT2D eigenvalue weighted by molar-refractivity contribution is -0.287. The summed E-state index contributed by atoms with van der Waals surface area (Å²) in [6, 6.07) is 3.67. The van der Waals surface area contributed by atoms with E-state index in [1.54, 1.807) is 6.92 Å². The smallest absolute Gasteiger partial charge is 0.395 e. The van der Waals surface area contributed by atoms with Gasteiger partial charge in [-0.05, 0) is 25.5 Å². The van der Waals surface area contributed by atoms with E-state index in [1.165, 1.54) is 25.2 Å². The van der Waals surface area contributed by atoms with Crippen molar-refractivity contribution in [3.05, 3.63) is 18.2 Å². The van der Waals surface area contributed by atoms with Gasteiger partial charge in [0, 0.05) is 20.1 Å². The topological polar surface area (TPSA) is 84.9 Å². The number of fused-ring (bicyclic) bond motifs is 1. The van der Waals surface area contributed by atoms with Crippen LogP contribution in [0.4, 0.5) is 8.78 Å². The van der Waals surface area contributed by atoms with Crippen molar-refractivity contribution in [2.75, 3.05) is 20.1 Å². The zero-order chi connectivity index (χ0) is 17.8. The Morgan fingerprint density at radius 2 is 2.04 bits per heavy atom. The number of para-hydroxylation sites is 1. The average molecular weight is 362 g/mol. The number of carbonyl (C=O) groups excluding carboxylic acids is 1. The van der Waals surface area contributed by atoms with E-state index in [0.717, 1.165) is 4.31 Å². The summed E-state index contributed by atoms with van der Waals surface area (Å²) < 4.78 is 61.9. The molecule has 2 heterocycles. The zero-order valence-electron chi connectivity index (χ0n) is 13.0. The first kappa shape index (κ1) is 16.9. The number of alkyl halides is 2. The van der Waals surface area contributed by atoms with Gasteiger partial charge < -0.3 is 14.8 Å². The summed E-state index contributed by atoms with van der Waals surface area (Å²) in [5, 5.41) is 2.51. The van der Waals surface area contributed by atoms with Gasteiger partial charge in [0.25, 0.3) is 0 Å². The molecule has 2 aliphatic rings. The molecule has 0 spiro atoms. The molecule has 0 bridgehead atoms. The summed E-state index contributed by atoms with van der Waals surface area (Å²) in [6.07, 6.45) is -3.58. The number of sulfonamides is 1. The Labute approximate surface area is 137 Å². The number of nitrogens with one attached hydrogen (secondary N) is 1. The number of rotatable bonds is 3. The van der Waals surface area contributed by atoms with Gasteiger partial charge in [-0.1, -0.05) is 6.07 Å². The molecule has 1 unspecified atom stereocenters. The van der Waals surface area contributed by atoms with E-state index in [9.17, 15) is 22.0 Å². The monoisotopic (exact) mass is 362 g/mol. The summed E-state index contributed by atoms with van der Waals surface area (Å²) in [5.74, 6) is -1.13. The number of hydrogen-bond donors (Lipinski definition) is 1. The lowest BCUT2D eigenvalue weighted by Gasteiger charge is -2.22. The number of benzene rings is 1. The van der Waals surface area contributed by atoms with Crippen LogP contribution in [0.1, 0.15) is 13.3 Å². The Kier molecular flexibility index (Phi) is 3.72. The molecule has 132 valence electrons. The van der Waals surface area contributed by atoms with Crippen LogP contribution in [0.5, 0.6) is 11.5 Å². The number of halogens is 2. The number of amides is 1. The molecule has 1 aromatic carbocycles. The average Bonchev–Trinajstić information content (AvgIpc) is 3.05. The first-order valence-corrected chi connectivity index (χ1v) is 8.64. The largest absolute Gasteiger partial charge is 0.586 e. The molecule has 0 radical (unpaired) electrons. The van der Waals surface area contributed by atoms with Gasteiger partial charge in [0.1, 0.15) is 4.90 Å². The number of nitrogens with zero attached hydrogens (tertiary/aromatic N) is 1. The molecular formula is C14H16F2N2O5S. The van der Waals surface area contributed by atoms with Crippen LogP contribution in [-0.2, 0) is 14.8 Å². The van der Waals surface area contributed by atoms with Crippen LogP contribution in [0, 0.1) is 5.41 Å². The van der Waals surface area contributed by atoms with Crippen LogP contribution in [0.15, 0.2) is 23.1 Å². The second-order valence-electron chi connectivity index (χ2n) is 5.98. The minimum atomic E-state index is -4.11. The molecule has 7 nitrogen and oxygen atoms in total. The van der Waals surface area contributed by atoms with Gasteiger partial charge in [-0.2, -0.15) is 4.31 Å². The Balaban J connectivity index is 1.95. The molecule has 1 aromatic rings. The molecule has 2 aliphatic heterocycles. The van der Waals surface area contributed by atoms with Gasteiger partial charge in [0.2, 0.25) is 15.9 Å². The molecule has 1 saturated heterocycles. The van der Waals surface area contributed by atoms with Crippen molar-refractivity contribution in [3.8, 4) is 11.5 Å². The van der Waals surface area contributed by atoms with Gasteiger partial charge in [-0.15, -0.1) is 8.78 Å². The summed E-state index contributed by atoms with van der Waals surface area (Å²) in [4.78, 5) is 11.5. The first-order valence-electron chi connectivity index (χ1n) is 7.20. The molecule has 1 fully saturated rings. The van der Waals surface area contributed by atoms with Crippen molar-refractivity contribution < 1.29 is 31.5 Å². The highest BCUT2D eigenvalue weighted by Crippen LogP contribution is 2.46. The fraction of sp³-hybridized carbons (Fsp3) is 0.500. The Morgan fingerprint density at radius 1 is 1.33 bits per heavy atom. The van der Waals surface area contributed by atoms with E-state index in [2.05, 4.69) is 14.8 Å². The predicted molar refractivity (Wildman–Crippen MR) is 78.2 cm³/mol. The van der Waals surface area contributed by atoms with Crippen LogP contribution in [0.2, 0.25) is 0 Å². The fourth-order valence-electron chi connectivity index (χ4n) is 2.90. The van der Waals surface area contributed by atoms with E-state index in [1.807, 2.05) is 0 Å². The fourth-order valence-corrected chi connectivity index (χ4v) is 4.59. The third-order valence-electron chi connectivity index (χ3n) is 4.22. The van der Waals surface area contributed by atoms with Crippen LogP contribution in [0.25, 0.3) is 0 Å². The molecule has 0 saturated carbocycles. The van der Waals surface area contributed by atoms with Crippen molar-refractivity contribution >= 4 is 15.9 Å². The van der Waals surface area contributed by atoms with Crippen LogP contribution < -0.4 is 14.8 Å². The maximum absolute atomic E-state index is 13.3. The second-order valence-corrected chi connectivity index (χ2v) is 7.89. The third kappa shape index (κ3) is 2.59. The quantitative estimate of drug-likeness (QED) is 0.872. The normalized spacial score (nSPS) is 25.7. The molecule has 3 rings (SSSR count). The SMILES string of the molecule is CNC(=O)C1(C)CCN(S(=O)(=O)c2cccc3c2OC(F)(F)O3)C1. The maximum Gasteiger partial charge on any atom is 0.586 e. The molecule has 0 aromatic heterocycles. The molecule has 10 heteroatoms. The van der Waals surface area contributed by atoms with E-state index < -0.39 is 32.4 Å². The van der Waals surface area contributed by atoms with Crippen LogP contribution >= 0.6 is 0 Å². The van der Waals surface area contributed by atoms with Crippen LogP contribution in [0.3, 0.4) is 0 Å². The summed E-state index contributed by atoms with van der Waals surface area (Å²) in [7, 11) is -2.64. The lowest BCUT2D eigenvalue weighted by Crippen LogP contribution is -2.40. The zero-order valence-corrected chi connectivity index (χ0v) is 13.8. The van der Waals surface area contributed by atoms with Gasteiger partial charge in [-0.3, -0.25) is 4.79 Å². The van der Waals surface area contributed by atoms with Gasteiger partial charge in [-0.25, -0.2) is 8.42 Å². The molecule has 1 amide bonds. The van der Waals surface area contributed by atoms with E-state index in [-0.39, 0.29) is 24.7 Å². The first-order chi connectivity index (χ1) is 11.1. The van der Waals surface area contributed by atoms with Crippen molar-refractivity contribution in [3.63, 3.8) is 0 Å². The van der Waals surface area contributed by atoms with Gasteiger partial charge in [0.15, 0.2) is 11.5 Å². The molecule has 0 aliphatic carbocycles. The highest BCUT2D eigenvalue weighted by atomic mass is 32.2. The Morgan fingerprint density at radius 3 is 2.71 bits per heavy atom. The molecule has 1 atom stereocenters. The van der Waals surface area contributed by atoms with E-state index in [0.29, 0.717) is 6.42 Å². The third-order valence-corrected chi connectivity index (χ3v) is 6.09. The van der Waals surface area contributed by atoms with Gasteiger partial charge in [0.05, 0.1) is 5.41 Å². The van der Waals surface area contributed by atoms with Crippen molar-refractivity contribution in [1.82, 2.24) is 9.62 Å². The lowest BCUT2D eigenvalue weighted by atomic mass is 9.89. The maximum atomic E-state index is 13.3. The summed E-state index contributed by atoms with van der Waals surface area (Å²) >= 11 is 0. The minimum absolute atomic E-state index is 0.0457. The van der Waals surface area contributed by atoms with Crippen molar-refractivity contribution in [2.45, 2.75) is 24.5 Å². The Bertz CT molecular complexity index is 798. The highest BCUT2D eigenvalue weighted by molar-refractivity contribution is 7.89. The standard InChI is InChI=1S/C14H16F2N2O5S/c1-13(12(19)17-2)6-7-18(8-13)24(20,21)10-5-3-4-9-11(10)23-14(15,16)22-9/h3-5H,6-8H2,1-2H3,(H,17,19). The molecule has 24 heavy (non-hydrogen) atoms. The molecular weight excluding hydrogens is 346 g/mol. The summed E-state index contributed by atoms with van der Waals surface area (Å²) in [5.41, 5.74) is -0.874. The van der Waals surface area contributed by atoms with E-state index in [4.69, 9.17) is 0 Å².